The van der Waals surface area contributed by atoms with E-state index in [1.807, 2.05) is 6.92 Å². The number of hydrogen-bond donors (Lipinski definition) is 1. The van der Waals surface area contributed by atoms with Crippen molar-refractivity contribution in [1.82, 2.24) is 0 Å². The Morgan fingerprint density at radius 3 is 2.31 bits per heavy atom. The average Bonchev–Trinajstić information content (AvgIpc) is 2.76. The summed E-state index contributed by atoms with van der Waals surface area (Å²) in [5.41, 5.74) is 1.50. The van der Waals surface area contributed by atoms with E-state index in [1.165, 1.54) is 16.4 Å². The topological polar surface area (TPSA) is 75.7 Å². The van der Waals surface area contributed by atoms with Crippen LogP contribution >= 0.6 is 15.9 Å². The molecule has 6 nitrogen and oxygen atoms in total. The molecule has 0 heterocycles. The lowest BCUT2D eigenvalue weighted by Gasteiger charge is -2.23. The first-order valence-corrected chi connectivity index (χ1v) is 12.0. The Labute approximate surface area is 195 Å². The number of sulfonamides is 1. The molecule has 0 aliphatic rings. The molecule has 3 rings (SSSR count). The summed E-state index contributed by atoms with van der Waals surface area (Å²) in [5.74, 6) is -0.706. The van der Waals surface area contributed by atoms with Gasteiger partial charge in [-0.3, -0.25) is 9.10 Å². The predicted octanol–water partition coefficient (Wildman–Crippen LogP) is 5.13. The standard InChI is InChI=1S/C23H22BrFN2O4S/c1-3-27(32(29,30)20-11-4-16(2)5-12-20)18-7-9-19(10-8-18)31-15-23(28)26-22-13-6-17(24)14-21(22)25/h4-14H,3,15H2,1-2H3,(H,26,28). The molecule has 0 aliphatic carbocycles. The monoisotopic (exact) mass is 520 g/mol. The van der Waals surface area contributed by atoms with Gasteiger partial charge in [-0.1, -0.05) is 33.6 Å². The second-order valence-corrected chi connectivity index (χ2v) is 9.72. The van der Waals surface area contributed by atoms with Gasteiger partial charge in [0, 0.05) is 11.0 Å². The van der Waals surface area contributed by atoms with E-state index in [-0.39, 0.29) is 23.7 Å². The van der Waals surface area contributed by atoms with Gasteiger partial charge in [-0.25, -0.2) is 12.8 Å². The first-order valence-electron chi connectivity index (χ1n) is 9.78. The molecule has 32 heavy (non-hydrogen) atoms. The number of benzene rings is 3. The Balaban J connectivity index is 1.65. The molecular formula is C23H22BrFN2O4S. The molecule has 0 atom stereocenters. The molecule has 3 aromatic carbocycles. The highest BCUT2D eigenvalue weighted by Gasteiger charge is 2.23. The molecule has 0 spiro atoms. The minimum Gasteiger partial charge on any atom is -0.484 e. The molecule has 0 radical (unpaired) electrons. The van der Waals surface area contributed by atoms with Crippen molar-refractivity contribution < 1.29 is 22.3 Å². The first kappa shape index (κ1) is 23.7. The minimum absolute atomic E-state index is 0.0528. The predicted molar refractivity (Wildman–Crippen MR) is 126 cm³/mol. The third kappa shape index (κ3) is 5.66. The maximum atomic E-state index is 13.8. The number of rotatable bonds is 8. The summed E-state index contributed by atoms with van der Waals surface area (Å²) in [6.07, 6.45) is 0. The fraction of sp³-hybridized carbons (Fsp3) is 0.174. The van der Waals surface area contributed by atoms with Crippen LogP contribution in [0.4, 0.5) is 15.8 Å². The van der Waals surface area contributed by atoms with Crippen molar-refractivity contribution in [3.05, 3.63) is 82.6 Å². The van der Waals surface area contributed by atoms with E-state index in [0.29, 0.717) is 15.9 Å². The highest BCUT2D eigenvalue weighted by Crippen LogP contribution is 2.26. The van der Waals surface area contributed by atoms with Crippen LogP contribution in [0.5, 0.6) is 5.75 Å². The number of halogens is 2. The second kappa shape index (κ2) is 10.1. The molecule has 0 fully saturated rings. The quantitative estimate of drug-likeness (QED) is 0.446. The summed E-state index contributed by atoms with van der Waals surface area (Å²) in [7, 11) is -3.71. The Hall–Kier alpha value is -2.91. The van der Waals surface area contributed by atoms with Crippen molar-refractivity contribution in [3.8, 4) is 5.75 Å². The molecule has 3 aromatic rings. The van der Waals surface area contributed by atoms with Gasteiger partial charge in [0.2, 0.25) is 0 Å². The average molecular weight is 521 g/mol. The highest BCUT2D eigenvalue weighted by molar-refractivity contribution is 9.10. The lowest BCUT2D eigenvalue weighted by molar-refractivity contribution is -0.118. The van der Waals surface area contributed by atoms with E-state index in [1.54, 1.807) is 61.5 Å². The van der Waals surface area contributed by atoms with E-state index < -0.39 is 21.7 Å². The second-order valence-electron chi connectivity index (χ2n) is 6.94. The number of aryl methyl sites for hydroxylation is 1. The highest BCUT2D eigenvalue weighted by atomic mass is 79.9. The smallest absolute Gasteiger partial charge is 0.264 e. The summed E-state index contributed by atoms with van der Waals surface area (Å²) in [6.45, 7) is 3.57. The van der Waals surface area contributed by atoms with Crippen LogP contribution in [0.2, 0.25) is 0 Å². The van der Waals surface area contributed by atoms with Gasteiger partial charge >= 0.3 is 0 Å². The molecule has 0 aromatic heterocycles. The summed E-state index contributed by atoms with van der Waals surface area (Å²) < 4.78 is 47.1. The zero-order valence-corrected chi connectivity index (χ0v) is 19.9. The molecule has 9 heteroatoms. The number of nitrogens with zero attached hydrogens (tertiary/aromatic N) is 1. The molecule has 0 saturated carbocycles. The van der Waals surface area contributed by atoms with Crippen molar-refractivity contribution in [3.63, 3.8) is 0 Å². The van der Waals surface area contributed by atoms with E-state index in [0.717, 1.165) is 5.56 Å². The number of nitrogens with one attached hydrogen (secondary N) is 1. The van der Waals surface area contributed by atoms with Gasteiger partial charge in [0.25, 0.3) is 15.9 Å². The van der Waals surface area contributed by atoms with Crippen molar-refractivity contribution in [2.45, 2.75) is 18.7 Å². The summed E-state index contributed by atoms with van der Waals surface area (Å²) in [5, 5.41) is 2.44. The molecule has 1 N–H and O–H groups in total. The van der Waals surface area contributed by atoms with Gasteiger partial charge in [-0.15, -0.1) is 0 Å². The normalized spacial score (nSPS) is 11.1. The van der Waals surface area contributed by atoms with Crippen LogP contribution in [-0.2, 0) is 14.8 Å². The molecular weight excluding hydrogens is 499 g/mol. The van der Waals surface area contributed by atoms with Gasteiger partial charge in [0.15, 0.2) is 6.61 Å². The van der Waals surface area contributed by atoms with Crippen molar-refractivity contribution in [2.24, 2.45) is 0 Å². The van der Waals surface area contributed by atoms with E-state index >= 15 is 0 Å². The zero-order chi connectivity index (χ0) is 23.3. The fourth-order valence-electron chi connectivity index (χ4n) is 2.96. The Kier molecular flexibility index (Phi) is 7.52. The van der Waals surface area contributed by atoms with Crippen LogP contribution in [0.3, 0.4) is 0 Å². The maximum absolute atomic E-state index is 13.8. The van der Waals surface area contributed by atoms with Crippen LogP contribution in [0, 0.1) is 12.7 Å². The summed E-state index contributed by atoms with van der Waals surface area (Å²) in [6, 6.07) is 17.3. The minimum atomic E-state index is -3.71. The number of amides is 1. The van der Waals surface area contributed by atoms with Crippen LogP contribution < -0.4 is 14.4 Å². The van der Waals surface area contributed by atoms with Crippen LogP contribution in [0.25, 0.3) is 0 Å². The number of anilines is 2. The van der Waals surface area contributed by atoms with E-state index in [4.69, 9.17) is 4.74 Å². The maximum Gasteiger partial charge on any atom is 0.264 e. The lowest BCUT2D eigenvalue weighted by atomic mass is 10.2. The lowest BCUT2D eigenvalue weighted by Crippen LogP contribution is -2.30. The Bertz CT molecular complexity index is 1200. The van der Waals surface area contributed by atoms with Crippen molar-refractivity contribution in [2.75, 3.05) is 22.8 Å². The van der Waals surface area contributed by atoms with Gasteiger partial charge in [0.05, 0.1) is 16.3 Å². The fourth-order valence-corrected chi connectivity index (χ4v) is 4.77. The number of carbonyl (C=O) groups excluding carboxylic acids is 1. The number of ether oxygens (including phenoxy) is 1. The van der Waals surface area contributed by atoms with E-state index in [2.05, 4.69) is 21.2 Å². The first-order chi connectivity index (χ1) is 15.2. The van der Waals surface area contributed by atoms with Crippen molar-refractivity contribution >= 4 is 43.2 Å². The van der Waals surface area contributed by atoms with Crippen LogP contribution in [0.15, 0.2) is 76.1 Å². The van der Waals surface area contributed by atoms with Gasteiger partial charge in [0.1, 0.15) is 11.6 Å². The van der Waals surface area contributed by atoms with Gasteiger partial charge in [-0.2, -0.15) is 0 Å². The van der Waals surface area contributed by atoms with Gasteiger partial charge in [-0.05, 0) is 68.4 Å². The van der Waals surface area contributed by atoms with E-state index in [9.17, 15) is 17.6 Å². The van der Waals surface area contributed by atoms with Crippen LogP contribution in [0.1, 0.15) is 12.5 Å². The summed E-state index contributed by atoms with van der Waals surface area (Å²) in [4.78, 5) is 12.3. The molecule has 0 bridgehead atoms. The molecule has 0 saturated heterocycles. The zero-order valence-electron chi connectivity index (χ0n) is 17.5. The van der Waals surface area contributed by atoms with Gasteiger partial charge < -0.3 is 10.1 Å². The number of carbonyl (C=O) groups is 1. The Morgan fingerprint density at radius 2 is 1.72 bits per heavy atom. The Morgan fingerprint density at radius 1 is 1.06 bits per heavy atom. The van der Waals surface area contributed by atoms with Crippen LogP contribution in [-0.4, -0.2) is 27.5 Å². The molecule has 168 valence electrons. The SMILES string of the molecule is CCN(c1ccc(OCC(=O)Nc2ccc(Br)cc2F)cc1)S(=O)(=O)c1ccc(C)cc1. The third-order valence-corrected chi connectivity index (χ3v) is 7.01. The number of hydrogen-bond acceptors (Lipinski definition) is 4. The summed E-state index contributed by atoms with van der Waals surface area (Å²) >= 11 is 3.15. The molecule has 0 aliphatic heterocycles. The third-order valence-electron chi connectivity index (χ3n) is 4.60. The largest absolute Gasteiger partial charge is 0.484 e. The molecule has 0 unspecified atom stereocenters. The van der Waals surface area contributed by atoms with Crippen molar-refractivity contribution in [1.29, 1.82) is 0 Å². The molecule has 1 amide bonds.